The highest BCUT2D eigenvalue weighted by Gasteiger charge is 2.18. The van der Waals surface area contributed by atoms with Crippen molar-refractivity contribution in [1.29, 1.82) is 0 Å². The molecule has 0 fully saturated rings. The van der Waals surface area contributed by atoms with Gasteiger partial charge in [0.05, 0.1) is 33.1 Å². The molecule has 0 spiro atoms. The fraction of sp³-hybridized carbons (Fsp3) is 0.211. The van der Waals surface area contributed by atoms with Crippen molar-refractivity contribution in [2.45, 2.75) is 0 Å². The van der Waals surface area contributed by atoms with Gasteiger partial charge in [0.1, 0.15) is 11.3 Å². The van der Waals surface area contributed by atoms with Crippen LogP contribution < -0.4 is 30.0 Å². The SMILES string of the molecule is COc1cc(Nc2nc(N)nn2-c2nc3c(OC)cccc3s2)cc(OC)c1OC. The van der Waals surface area contributed by atoms with E-state index >= 15 is 0 Å². The van der Waals surface area contributed by atoms with Crippen LogP contribution in [0.4, 0.5) is 17.6 Å². The van der Waals surface area contributed by atoms with Gasteiger partial charge in [-0.25, -0.2) is 4.98 Å². The molecule has 0 aliphatic heterocycles. The largest absolute Gasteiger partial charge is 0.494 e. The van der Waals surface area contributed by atoms with Crippen LogP contribution in [0.15, 0.2) is 30.3 Å². The molecule has 0 aliphatic carbocycles. The number of aromatic nitrogens is 4. The van der Waals surface area contributed by atoms with Gasteiger partial charge in [0.25, 0.3) is 0 Å². The van der Waals surface area contributed by atoms with E-state index in [4.69, 9.17) is 24.7 Å². The average Bonchev–Trinajstić information content (AvgIpc) is 3.35. The van der Waals surface area contributed by atoms with Crippen LogP contribution in [0.2, 0.25) is 0 Å². The van der Waals surface area contributed by atoms with Crippen molar-refractivity contribution in [3.63, 3.8) is 0 Å². The third kappa shape index (κ3) is 3.39. The van der Waals surface area contributed by atoms with Gasteiger partial charge in [-0.05, 0) is 12.1 Å². The van der Waals surface area contributed by atoms with E-state index in [1.165, 1.54) is 11.3 Å². The first-order valence-electron chi connectivity index (χ1n) is 8.81. The maximum Gasteiger partial charge on any atom is 0.241 e. The van der Waals surface area contributed by atoms with Gasteiger partial charge in [0, 0.05) is 17.8 Å². The third-order valence-electron chi connectivity index (χ3n) is 4.32. The van der Waals surface area contributed by atoms with Gasteiger partial charge < -0.3 is 30.0 Å². The first-order valence-corrected chi connectivity index (χ1v) is 9.63. The second-order valence-corrected chi connectivity index (χ2v) is 7.06. The summed E-state index contributed by atoms with van der Waals surface area (Å²) in [4.78, 5) is 8.94. The number of fused-ring (bicyclic) bond motifs is 1. The van der Waals surface area contributed by atoms with E-state index in [1.807, 2.05) is 18.2 Å². The van der Waals surface area contributed by atoms with Crippen molar-refractivity contribution < 1.29 is 18.9 Å². The Hall–Kier alpha value is -3.73. The molecule has 10 nitrogen and oxygen atoms in total. The van der Waals surface area contributed by atoms with Crippen molar-refractivity contribution in [2.75, 3.05) is 39.5 Å². The van der Waals surface area contributed by atoms with Crippen molar-refractivity contribution in [3.8, 4) is 28.1 Å². The lowest BCUT2D eigenvalue weighted by atomic mass is 10.2. The maximum absolute atomic E-state index is 5.88. The molecule has 0 aliphatic rings. The number of hydrogen-bond donors (Lipinski definition) is 2. The highest BCUT2D eigenvalue weighted by Crippen LogP contribution is 2.41. The summed E-state index contributed by atoms with van der Waals surface area (Å²) in [5, 5.41) is 8.07. The van der Waals surface area contributed by atoms with Crippen molar-refractivity contribution in [3.05, 3.63) is 30.3 Å². The van der Waals surface area contributed by atoms with E-state index < -0.39 is 0 Å². The van der Waals surface area contributed by atoms with Gasteiger partial charge in [0.15, 0.2) is 11.5 Å². The first kappa shape index (κ1) is 19.6. The molecular formula is C19H20N6O4S. The standard InChI is InChI=1S/C19H20N6O4S/c1-26-11-6-5-7-14-15(11)22-19(30-14)25-18(23-17(20)24-25)21-10-8-12(27-2)16(29-4)13(9-10)28-3/h5-9H,1-4H3,(H3,20,21,23,24). The molecule has 2 heterocycles. The second kappa shape index (κ2) is 7.95. The molecule has 4 aromatic rings. The quantitative estimate of drug-likeness (QED) is 0.457. The van der Waals surface area contributed by atoms with E-state index in [1.54, 1.807) is 45.3 Å². The Morgan fingerprint density at radius 1 is 0.933 bits per heavy atom. The zero-order valence-electron chi connectivity index (χ0n) is 16.8. The Bertz CT molecular complexity index is 1180. The van der Waals surface area contributed by atoms with Gasteiger partial charge in [-0.15, -0.1) is 5.10 Å². The van der Waals surface area contributed by atoms with Crippen LogP contribution in [-0.2, 0) is 0 Å². The first-order chi connectivity index (χ1) is 14.6. The number of nitrogen functional groups attached to an aromatic ring is 1. The monoisotopic (exact) mass is 428 g/mol. The number of ether oxygens (including phenoxy) is 4. The topological polar surface area (TPSA) is 119 Å². The maximum atomic E-state index is 5.88. The number of hydrogen-bond acceptors (Lipinski definition) is 10. The van der Waals surface area contributed by atoms with E-state index in [0.717, 1.165) is 10.2 Å². The van der Waals surface area contributed by atoms with Crippen LogP contribution in [0.5, 0.6) is 23.0 Å². The molecule has 0 saturated carbocycles. The number of anilines is 3. The molecule has 2 aromatic heterocycles. The number of nitrogens with two attached hydrogens (primary N) is 1. The number of nitrogens with one attached hydrogen (secondary N) is 1. The highest BCUT2D eigenvalue weighted by molar-refractivity contribution is 7.20. The predicted molar refractivity (Wildman–Crippen MR) is 115 cm³/mol. The molecule has 0 radical (unpaired) electrons. The third-order valence-corrected chi connectivity index (χ3v) is 5.31. The van der Waals surface area contributed by atoms with Crippen molar-refractivity contribution >= 4 is 39.1 Å². The molecule has 156 valence electrons. The summed E-state index contributed by atoms with van der Waals surface area (Å²) in [6.07, 6.45) is 0. The van der Waals surface area contributed by atoms with E-state index in [0.29, 0.717) is 39.8 Å². The highest BCUT2D eigenvalue weighted by atomic mass is 32.1. The Labute approximate surface area is 176 Å². The molecule has 0 atom stereocenters. The Balaban J connectivity index is 1.77. The van der Waals surface area contributed by atoms with Crippen molar-refractivity contribution in [2.24, 2.45) is 0 Å². The van der Waals surface area contributed by atoms with Crippen LogP contribution in [0.1, 0.15) is 0 Å². The van der Waals surface area contributed by atoms with Gasteiger partial charge in [0.2, 0.25) is 22.8 Å². The van der Waals surface area contributed by atoms with E-state index in [9.17, 15) is 0 Å². The Morgan fingerprint density at radius 2 is 1.63 bits per heavy atom. The fourth-order valence-electron chi connectivity index (χ4n) is 2.99. The molecule has 0 unspecified atom stereocenters. The summed E-state index contributed by atoms with van der Waals surface area (Å²) in [5.41, 5.74) is 7.27. The van der Waals surface area contributed by atoms with Gasteiger partial charge >= 0.3 is 0 Å². The van der Waals surface area contributed by atoms with Crippen LogP contribution in [0, 0.1) is 0 Å². The predicted octanol–water partition coefficient (Wildman–Crippen LogP) is 3.24. The van der Waals surface area contributed by atoms with Crippen LogP contribution in [0.3, 0.4) is 0 Å². The summed E-state index contributed by atoms with van der Waals surface area (Å²) in [5.74, 6) is 2.68. The summed E-state index contributed by atoms with van der Waals surface area (Å²) < 4.78 is 24.1. The average molecular weight is 428 g/mol. The minimum absolute atomic E-state index is 0.108. The van der Waals surface area contributed by atoms with Crippen LogP contribution in [0.25, 0.3) is 15.3 Å². The van der Waals surface area contributed by atoms with Gasteiger partial charge in [-0.3, -0.25) is 0 Å². The fourth-order valence-corrected chi connectivity index (χ4v) is 3.93. The molecule has 0 saturated heterocycles. The van der Waals surface area contributed by atoms with Crippen LogP contribution in [-0.4, -0.2) is 48.2 Å². The molecule has 0 bridgehead atoms. The second-order valence-electron chi connectivity index (χ2n) is 6.05. The minimum Gasteiger partial charge on any atom is -0.494 e. The Kier molecular flexibility index (Phi) is 5.19. The summed E-state index contributed by atoms with van der Waals surface area (Å²) in [6.45, 7) is 0. The molecular weight excluding hydrogens is 408 g/mol. The summed E-state index contributed by atoms with van der Waals surface area (Å²) >= 11 is 1.44. The molecule has 2 aromatic carbocycles. The lowest BCUT2D eigenvalue weighted by Gasteiger charge is -2.14. The summed E-state index contributed by atoms with van der Waals surface area (Å²) in [6, 6.07) is 9.26. The van der Waals surface area contributed by atoms with Crippen LogP contribution >= 0.6 is 11.3 Å². The number of rotatable bonds is 7. The molecule has 30 heavy (non-hydrogen) atoms. The van der Waals surface area contributed by atoms with Gasteiger partial charge in [-0.1, -0.05) is 17.4 Å². The van der Waals surface area contributed by atoms with E-state index in [2.05, 4.69) is 20.4 Å². The zero-order valence-corrected chi connectivity index (χ0v) is 17.6. The van der Waals surface area contributed by atoms with Gasteiger partial charge in [-0.2, -0.15) is 9.67 Å². The number of para-hydroxylation sites is 1. The molecule has 4 rings (SSSR count). The summed E-state index contributed by atoms with van der Waals surface area (Å²) in [7, 11) is 6.26. The molecule has 0 amide bonds. The number of thiazole rings is 1. The Morgan fingerprint density at radius 3 is 2.27 bits per heavy atom. The number of methoxy groups -OCH3 is 4. The molecule has 11 heteroatoms. The number of benzene rings is 2. The lowest BCUT2D eigenvalue weighted by molar-refractivity contribution is 0.324. The zero-order chi connectivity index (χ0) is 21.3. The normalized spacial score (nSPS) is 10.8. The minimum atomic E-state index is 0.108. The number of nitrogens with zero attached hydrogens (tertiary/aromatic N) is 4. The van der Waals surface area contributed by atoms with E-state index in [-0.39, 0.29) is 5.95 Å². The van der Waals surface area contributed by atoms with Crippen molar-refractivity contribution in [1.82, 2.24) is 19.7 Å². The smallest absolute Gasteiger partial charge is 0.241 e. The lowest BCUT2D eigenvalue weighted by Crippen LogP contribution is -2.04. The molecule has 3 N–H and O–H groups in total.